The van der Waals surface area contributed by atoms with Gasteiger partial charge < -0.3 is 20.1 Å². The first kappa shape index (κ1) is 20.7. The molecule has 1 fully saturated rings. The Labute approximate surface area is 159 Å². The highest BCUT2D eigenvalue weighted by atomic mass is 16.5. The van der Waals surface area contributed by atoms with E-state index in [9.17, 15) is 14.4 Å². The van der Waals surface area contributed by atoms with Crippen molar-refractivity contribution in [1.82, 2.24) is 10.6 Å². The van der Waals surface area contributed by atoms with E-state index in [-0.39, 0.29) is 25.1 Å². The lowest BCUT2D eigenvalue weighted by atomic mass is 9.87. The lowest BCUT2D eigenvalue weighted by molar-refractivity contribution is -0.147. The molecule has 1 aliphatic rings. The third kappa shape index (κ3) is 6.92. The number of hydrogen-bond donors (Lipinski definition) is 2. The second-order valence-electron chi connectivity index (χ2n) is 6.80. The molecule has 0 aliphatic heterocycles. The van der Waals surface area contributed by atoms with Gasteiger partial charge in [0.05, 0.1) is 12.2 Å². The molecule has 1 saturated carbocycles. The van der Waals surface area contributed by atoms with Gasteiger partial charge in [0.25, 0.3) is 11.8 Å². The summed E-state index contributed by atoms with van der Waals surface area (Å²) in [6.45, 7) is 3.82. The molecule has 2 rings (SSSR count). The SMILES string of the molecule is CCOc1ccccc1C(=O)NCC(=O)OCC(=O)NC1CCC(C)CC1. The Hall–Kier alpha value is -2.57. The number of carbonyl (C=O) groups is 3. The van der Waals surface area contributed by atoms with E-state index in [4.69, 9.17) is 9.47 Å². The molecule has 0 atom stereocenters. The average Bonchev–Trinajstić information content (AvgIpc) is 2.67. The Morgan fingerprint density at radius 3 is 2.52 bits per heavy atom. The van der Waals surface area contributed by atoms with E-state index in [1.165, 1.54) is 0 Å². The van der Waals surface area contributed by atoms with E-state index in [1.54, 1.807) is 24.3 Å². The predicted molar refractivity (Wildman–Crippen MR) is 100 cm³/mol. The number of esters is 1. The van der Waals surface area contributed by atoms with Crippen molar-refractivity contribution in [3.05, 3.63) is 29.8 Å². The average molecular weight is 376 g/mol. The summed E-state index contributed by atoms with van der Waals surface area (Å²) >= 11 is 0. The Morgan fingerprint density at radius 2 is 1.81 bits per heavy atom. The van der Waals surface area contributed by atoms with Crippen LogP contribution in [0, 0.1) is 5.92 Å². The van der Waals surface area contributed by atoms with Gasteiger partial charge in [0.2, 0.25) is 0 Å². The molecule has 1 aromatic carbocycles. The van der Waals surface area contributed by atoms with Gasteiger partial charge in [-0.05, 0) is 50.7 Å². The van der Waals surface area contributed by atoms with Gasteiger partial charge in [0.15, 0.2) is 6.61 Å². The van der Waals surface area contributed by atoms with Crippen molar-refractivity contribution < 1.29 is 23.9 Å². The molecule has 0 saturated heterocycles. The fourth-order valence-corrected chi connectivity index (χ4v) is 3.05. The highest BCUT2D eigenvalue weighted by Gasteiger charge is 2.20. The van der Waals surface area contributed by atoms with Crippen molar-refractivity contribution in [1.29, 1.82) is 0 Å². The first-order valence-electron chi connectivity index (χ1n) is 9.44. The maximum atomic E-state index is 12.2. The summed E-state index contributed by atoms with van der Waals surface area (Å²) in [6.07, 6.45) is 4.10. The molecule has 0 aromatic heterocycles. The van der Waals surface area contributed by atoms with E-state index in [2.05, 4.69) is 17.6 Å². The standard InChI is InChI=1S/C20H28N2O5/c1-3-26-17-7-5-4-6-16(17)20(25)21-12-19(24)27-13-18(23)22-15-10-8-14(2)9-11-15/h4-7,14-15H,3,8-13H2,1-2H3,(H,21,25)(H,22,23). The van der Waals surface area contributed by atoms with Gasteiger partial charge in [-0.2, -0.15) is 0 Å². The second kappa shape index (κ2) is 10.5. The van der Waals surface area contributed by atoms with Gasteiger partial charge in [-0.15, -0.1) is 0 Å². The minimum absolute atomic E-state index is 0.155. The molecule has 148 valence electrons. The van der Waals surface area contributed by atoms with Crippen LogP contribution in [0.3, 0.4) is 0 Å². The van der Waals surface area contributed by atoms with E-state index in [0.29, 0.717) is 23.8 Å². The smallest absolute Gasteiger partial charge is 0.325 e. The third-order valence-electron chi connectivity index (χ3n) is 4.57. The van der Waals surface area contributed by atoms with Crippen molar-refractivity contribution in [2.75, 3.05) is 19.8 Å². The van der Waals surface area contributed by atoms with E-state index in [0.717, 1.165) is 25.7 Å². The highest BCUT2D eigenvalue weighted by molar-refractivity contribution is 5.98. The zero-order valence-corrected chi connectivity index (χ0v) is 16.0. The van der Waals surface area contributed by atoms with Crippen LogP contribution in [-0.2, 0) is 14.3 Å². The van der Waals surface area contributed by atoms with Crippen LogP contribution in [0.2, 0.25) is 0 Å². The maximum absolute atomic E-state index is 12.2. The zero-order chi connectivity index (χ0) is 19.6. The molecule has 7 heteroatoms. The zero-order valence-electron chi connectivity index (χ0n) is 16.0. The minimum Gasteiger partial charge on any atom is -0.493 e. The third-order valence-corrected chi connectivity index (χ3v) is 4.57. The first-order chi connectivity index (χ1) is 13.0. The van der Waals surface area contributed by atoms with E-state index >= 15 is 0 Å². The van der Waals surface area contributed by atoms with Gasteiger partial charge in [0, 0.05) is 6.04 Å². The van der Waals surface area contributed by atoms with Gasteiger partial charge in [-0.1, -0.05) is 19.1 Å². The highest BCUT2D eigenvalue weighted by Crippen LogP contribution is 2.23. The molecule has 0 bridgehead atoms. The summed E-state index contributed by atoms with van der Waals surface area (Å²) in [4.78, 5) is 35.9. The van der Waals surface area contributed by atoms with Crippen molar-refractivity contribution in [2.24, 2.45) is 5.92 Å². The summed E-state index contributed by atoms with van der Waals surface area (Å²) in [5, 5.41) is 5.37. The molecule has 1 aliphatic carbocycles. The number of benzene rings is 1. The van der Waals surface area contributed by atoms with Crippen molar-refractivity contribution in [2.45, 2.75) is 45.6 Å². The molecule has 1 aromatic rings. The number of nitrogens with one attached hydrogen (secondary N) is 2. The molecule has 7 nitrogen and oxygen atoms in total. The summed E-state index contributed by atoms with van der Waals surface area (Å²) in [7, 11) is 0. The van der Waals surface area contributed by atoms with E-state index < -0.39 is 11.9 Å². The fourth-order valence-electron chi connectivity index (χ4n) is 3.05. The monoisotopic (exact) mass is 376 g/mol. The van der Waals surface area contributed by atoms with Crippen LogP contribution in [-0.4, -0.2) is 43.6 Å². The number of para-hydroxylation sites is 1. The largest absolute Gasteiger partial charge is 0.493 e. The summed E-state index contributed by atoms with van der Waals surface area (Å²) in [6, 6.07) is 6.94. The van der Waals surface area contributed by atoms with Crippen LogP contribution in [0.15, 0.2) is 24.3 Å². The Kier molecular flexibility index (Phi) is 8.10. The Bertz CT molecular complexity index is 654. The molecule has 0 radical (unpaired) electrons. The normalized spacial score (nSPS) is 19.0. The van der Waals surface area contributed by atoms with Gasteiger partial charge >= 0.3 is 5.97 Å². The predicted octanol–water partition coefficient (Wildman–Crippen LogP) is 2.05. The summed E-state index contributed by atoms with van der Waals surface area (Å²) < 4.78 is 10.3. The number of amides is 2. The number of hydrogen-bond acceptors (Lipinski definition) is 5. The van der Waals surface area contributed by atoms with Crippen LogP contribution in [0.5, 0.6) is 5.75 Å². The molecule has 0 heterocycles. The lowest BCUT2D eigenvalue weighted by Crippen LogP contribution is -2.40. The van der Waals surface area contributed by atoms with Crippen LogP contribution < -0.4 is 15.4 Å². The van der Waals surface area contributed by atoms with Crippen molar-refractivity contribution in [3.63, 3.8) is 0 Å². The topological polar surface area (TPSA) is 93.7 Å². The number of carbonyl (C=O) groups excluding carboxylic acids is 3. The second-order valence-corrected chi connectivity index (χ2v) is 6.80. The number of ether oxygens (including phenoxy) is 2. The molecular weight excluding hydrogens is 348 g/mol. The Balaban J connectivity index is 1.70. The van der Waals surface area contributed by atoms with Crippen molar-refractivity contribution >= 4 is 17.8 Å². The fraction of sp³-hybridized carbons (Fsp3) is 0.550. The Morgan fingerprint density at radius 1 is 1.11 bits per heavy atom. The molecule has 27 heavy (non-hydrogen) atoms. The van der Waals surface area contributed by atoms with Crippen LogP contribution in [0.4, 0.5) is 0 Å². The molecule has 2 N–H and O–H groups in total. The molecule has 2 amide bonds. The molecule has 0 spiro atoms. The molecular formula is C20H28N2O5. The summed E-state index contributed by atoms with van der Waals surface area (Å²) in [5.74, 6) is -0.253. The number of rotatable bonds is 8. The van der Waals surface area contributed by atoms with E-state index in [1.807, 2.05) is 6.92 Å². The van der Waals surface area contributed by atoms with Crippen molar-refractivity contribution in [3.8, 4) is 5.75 Å². The first-order valence-corrected chi connectivity index (χ1v) is 9.44. The van der Waals surface area contributed by atoms with Gasteiger partial charge in [-0.3, -0.25) is 14.4 Å². The van der Waals surface area contributed by atoms with Gasteiger partial charge in [0.1, 0.15) is 12.3 Å². The van der Waals surface area contributed by atoms with Crippen LogP contribution >= 0.6 is 0 Å². The van der Waals surface area contributed by atoms with Crippen LogP contribution in [0.1, 0.15) is 49.9 Å². The molecule has 0 unspecified atom stereocenters. The minimum atomic E-state index is -0.662. The maximum Gasteiger partial charge on any atom is 0.325 e. The van der Waals surface area contributed by atoms with Crippen LogP contribution in [0.25, 0.3) is 0 Å². The van der Waals surface area contributed by atoms with Gasteiger partial charge in [-0.25, -0.2) is 0 Å². The lowest BCUT2D eigenvalue weighted by Gasteiger charge is -2.26. The quantitative estimate of drug-likeness (QED) is 0.678. The summed E-state index contributed by atoms with van der Waals surface area (Å²) in [5.41, 5.74) is 0.344.